The van der Waals surface area contributed by atoms with Gasteiger partial charge in [-0.15, -0.1) is 41.3 Å². The summed E-state index contributed by atoms with van der Waals surface area (Å²) < 4.78 is 66.3. The number of hydrogen-bond donors (Lipinski definition) is 0. The predicted octanol–water partition coefficient (Wildman–Crippen LogP) is -1.25. The van der Waals surface area contributed by atoms with Crippen molar-refractivity contribution in [2.45, 2.75) is 27.3 Å². The SMILES string of the molecule is [2H]C([2H])(C)n1c(=O)c2c(ncn2[CH2-])n([CH2-])c1=O.[2H]C([2H])([2H])n1c(=O)n([CH-]C)c(=O)c2c1ncn2[CH2-].[2H]C([2H])([2H])n1cnc2c1c(=O)n([CH-]C)c(=O)n2[CH2-].[Y].[Y].[Y].[Y].[Y].[Y].[Y].[Y].[Y].[Y].[Y].[Y].[Y].[Y].[Y].[Y]. The van der Waals surface area contributed by atoms with Gasteiger partial charge in [0.2, 0.25) is 22.6 Å². The van der Waals surface area contributed by atoms with E-state index >= 15 is 0 Å². The molecule has 0 aliphatic rings. The second-order valence-corrected chi connectivity index (χ2v) is 8.83. The Balaban J connectivity index is -0.0000000556. The third-order valence-corrected chi connectivity index (χ3v) is 6.35. The van der Waals surface area contributed by atoms with Crippen molar-refractivity contribution in [1.82, 2.24) is 56.1 Å². The van der Waals surface area contributed by atoms with Crippen LogP contribution in [0.5, 0.6) is 0 Å². The molecule has 0 unspecified atom stereocenters. The summed E-state index contributed by atoms with van der Waals surface area (Å²) in [6.45, 7) is -0.856. The molecule has 16 radical (unpaired) electrons. The largest absolute Gasteiger partial charge is 0.476 e. The second-order valence-electron chi connectivity index (χ2n) is 8.83. The molecule has 0 N–H and O–H groups in total. The van der Waals surface area contributed by atoms with Gasteiger partial charge in [-0.1, -0.05) is 13.8 Å². The quantitative estimate of drug-likeness (QED) is 0.196. The topological polar surface area (TPSA) is 185 Å². The van der Waals surface area contributed by atoms with Gasteiger partial charge in [0.15, 0.2) is 5.56 Å². The smallest absolute Gasteiger partial charge is 0.219 e. The van der Waals surface area contributed by atoms with E-state index in [4.69, 9.17) is 11.0 Å². The van der Waals surface area contributed by atoms with Crippen molar-refractivity contribution in [2.75, 3.05) is 0 Å². The van der Waals surface area contributed by atoms with Gasteiger partial charge >= 0.3 is 0 Å². The van der Waals surface area contributed by atoms with Crippen LogP contribution in [0, 0.1) is 41.3 Å². The van der Waals surface area contributed by atoms with E-state index in [1.165, 1.54) is 44.2 Å². The van der Waals surface area contributed by atoms with Crippen molar-refractivity contribution in [3.8, 4) is 0 Å². The Morgan fingerprint density at radius 1 is 0.525 bits per heavy atom. The summed E-state index contributed by atoms with van der Waals surface area (Å²) in [5.74, 6) is 0. The summed E-state index contributed by atoms with van der Waals surface area (Å²) in [7, 11) is 14.0. The molecule has 0 fully saturated rings. The van der Waals surface area contributed by atoms with E-state index in [9.17, 15) is 28.8 Å². The number of hydrogen-bond acceptors (Lipinski definition) is 9. The molecule has 6 heterocycles. The van der Waals surface area contributed by atoms with Crippen LogP contribution < -0.4 is 33.7 Å². The summed E-state index contributed by atoms with van der Waals surface area (Å²) in [6.07, 6.45) is 3.46. The van der Waals surface area contributed by atoms with Crippen LogP contribution in [-0.4, -0.2) is 56.1 Å². The summed E-state index contributed by atoms with van der Waals surface area (Å²) in [5.41, 5.74) is -4.99. The third-order valence-electron chi connectivity index (χ3n) is 6.35. The fourth-order valence-corrected chi connectivity index (χ4v) is 4.15. The Morgan fingerprint density at radius 3 is 1.30 bits per heavy atom. The van der Waals surface area contributed by atoms with Gasteiger partial charge in [0.05, 0.1) is 12.0 Å². The number of aryl methyl sites for hydroxylation is 2. The van der Waals surface area contributed by atoms with Gasteiger partial charge in [0.1, 0.15) is 5.56 Å². The zero-order valence-electron chi connectivity index (χ0n) is 41.3. The first-order chi connectivity index (χ1) is 24.3. The van der Waals surface area contributed by atoms with Crippen LogP contribution >= 0.6 is 0 Å². The Kier molecular flexibility index (Phi) is 67.6. The normalized spacial score (nSPS) is 10.6. The van der Waals surface area contributed by atoms with E-state index in [0.717, 1.165) is 40.7 Å². The molecule has 0 aliphatic carbocycles. The van der Waals surface area contributed by atoms with Gasteiger partial charge in [-0.2, -0.15) is 0 Å². The molecule has 0 aromatic carbocycles. The zero-order chi connectivity index (χ0) is 40.3. The Labute approximate surface area is 767 Å². The molecule has 6 rings (SSSR count). The molecule has 18 nitrogen and oxygen atoms in total. The van der Waals surface area contributed by atoms with E-state index in [2.05, 4.69) is 43.1 Å². The number of aromatic nitrogens is 12. The fraction of sp³-hybridized carbons (Fsp3) is 0.222. The summed E-state index contributed by atoms with van der Waals surface area (Å²) in [6, 6.07) is 0. The van der Waals surface area contributed by atoms with Crippen molar-refractivity contribution in [2.24, 2.45) is 14.0 Å². The number of imidazole rings is 3. The molecule has 34 heteroatoms. The molecule has 61 heavy (non-hydrogen) atoms. The van der Waals surface area contributed by atoms with Crippen LogP contribution in [0.3, 0.4) is 0 Å². The number of rotatable bonds is 3. The fourth-order valence-electron chi connectivity index (χ4n) is 4.15. The van der Waals surface area contributed by atoms with Crippen LogP contribution in [0.4, 0.5) is 0 Å². The van der Waals surface area contributed by atoms with E-state index in [1.54, 1.807) is 0 Å². The molecule has 6 aromatic rings. The minimum absolute atomic E-state index is 0. The first-order valence-electron chi connectivity index (χ1n) is 16.4. The molecule has 0 spiro atoms. The van der Waals surface area contributed by atoms with Crippen LogP contribution in [0.1, 0.15) is 31.7 Å². The second kappa shape index (κ2) is 50.8. The van der Waals surface area contributed by atoms with Gasteiger partial charge < -0.3 is 70.1 Å². The van der Waals surface area contributed by atoms with Crippen molar-refractivity contribution < 1.29 is 534 Å². The van der Waals surface area contributed by atoms with Gasteiger partial charge in [-0.3, -0.25) is 14.8 Å². The molecule has 0 amide bonds. The first-order valence-corrected chi connectivity index (χ1v) is 12.4. The van der Waals surface area contributed by atoms with Crippen molar-refractivity contribution in [3.05, 3.63) is 123 Å². The van der Waals surface area contributed by atoms with Gasteiger partial charge in [0.25, 0.3) is 0 Å². The molecular formula is C27H30N12O6Y16-6. The number of fused-ring (bicyclic) bond motifs is 3. The predicted molar refractivity (Wildman–Crippen MR) is 166 cm³/mol. The maximum atomic E-state index is 12.0. The van der Waals surface area contributed by atoms with E-state index in [0.29, 0.717) is 9.13 Å². The molecule has 6 aromatic heterocycles. The molecule has 0 bridgehead atoms. The Morgan fingerprint density at radius 2 is 0.885 bits per heavy atom. The van der Waals surface area contributed by atoms with Crippen molar-refractivity contribution in [3.63, 3.8) is 0 Å². The molecule has 0 saturated carbocycles. The van der Waals surface area contributed by atoms with Gasteiger partial charge in [0, 0.05) is 566 Å². The van der Waals surface area contributed by atoms with Crippen molar-refractivity contribution >= 4 is 33.5 Å². The van der Waals surface area contributed by atoms with E-state index < -0.39 is 54.2 Å². The van der Waals surface area contributed by atoms with Crippen LogP contribution in [0.25, 0.3) is 33.5 Å². The van der Waals surface area contributed by atoms with Crippen LogP contribution in [0.15, 0.2) is 47.7 Å². The third kappa shape index (κ3) is 25.3. The van der Waals surface area contributed by atoms with Gasteiger partial charge in [-0.25, -0.2) is 0 Å². The molecule has 0 aliphatic heterocycles. The van der Waals surface area contributed by atoms with E-state index in [1.807, 2.05) is 0 Å². The van der Waals surface area contributed by atoms with Crippen molar-refractivity contribution in [1.29, 1.82) is 0 Å². The maximum absolute atomic E-state index is 12.0. The summed E-state index contributed by atoms with van der Waals surface area (Å²) >= 11 is 0. The monoisotopic (exact) mass is 2050 g/mol. The first kappa shape index (κ1) is 81.2. The molecule has 288 valence electrons. The minimum Gasteiger partial charge on any atom is -0.476 e. The average Bonchev–Trinajstić information content (AvgIpc) is 3.76. The van der Waals surface area contributed by atoms with Crippen LogP contribution in [-0.2, 0) is 544 Å². The van der Waals surface area contributed by atoms with Gasteiger partial charge in [-0.05, 0) is 36.3 Å². The van der Waals surface area contributed by atoms with E-state index in [-0.39, 0.29) is 557 Å². The molecule has 0 saturated heterocycles. The maximum Gasteiger partial charge on any atom is 0.219 e. The zero-order valence-corrected chi connectivity index (χ0v) is 78.7. The Bertz CT molecular complexity index is 2800. The van der Waals surface area contributed by atoms with Crippen LogP contribution in [0.2, 0.25) is 0 Å². The summed E-state index contributed by atoms with van der Waals surface area (Å²) in [4.78, 5) is 82.9. The molecule has 0 atom stereocenters. The molecular weight excluding hydrogens is 2010 g/mol. The Hall–Kier alpha value is 11.3. The summed E-state index contributed by atoms with van der Waals surface area (Å²) in [5, 5.41) is 0. The average molecular weight is 2050 g/mol. The standard InChI is InChI=1S/3C9H10N4O2.16Y/c3*1-4-13-8(14)6-7(10-5-11(6)2)12(3)9(13)15;;;;;;;;;;;;;;;;/h4-5H,3H2,1-2H3;4-5H,2H2,1,3H3;5H,2-4H2,1H3;;;;;;;;;;;;;;;;/q3*-2;;;;;;;;;;;;;;;;/i2D3;3D3;4D2;;;;;;;;;;;;;;;;. The number of nitrogens with zero attached hydrogens (tertiary/aromatic N) is 12. The minimum atomic E-state index is -2.72.